The van der Waals surface area contributed by atoms with E-state index in [1.54, 1.807) is 0 Å². The van der Waals surface area contributed by atoms with E-state index < -0.39 is 5.97 Å². The molecule has 0 heterocycles. The number of carboxylic acid groups (broad SMARTS) is 1. The van der Waals surface area contributed by atoms with Crippen LogP contribution in [0, 0.1) is 0 Å². The maximum atomic E-state index is 10.6. The lowest BCUT2D eigenvalue weighted by Crippen LogP contribution is -1.93. The highest BCUT2D eigenvalue weighted by Gasteiger charge is 2.01. The Balaban J connectivity index is 2.75. The van der Waals surface area contributed by atoms with Crippen LogP contribution in [0.25, 0.3) is 5.57 Å². The third kappa shape index (κ3) is 4.74. The van der Waals surface area contributed by atoms with Gasteiger partial charge >= 0.3 is 5.97 Å². The van der Waals surface area contributed by atoms with Gasteiger partial charge in [-0.2, -0.15) is 0 Å². The smallest absolute Gasteiger partial charge is 0.307 e. The molecule has 0 fully saturated rings. The summed E-state index contributed by atoms with van der Waals surface area (Å²) in [5.41, 5.74) is 3.60. The van der Waals surface area contributed by atoms with E-state index in [0.717, 1.165) is 24.0 Å². The van der Waals surface area contributed by atoms with E-state index in [4.69, 9.17) is 5.11 Å². The normalized spacial score (nSPS) is 11.6. The van der Waals surface area contributed by atoms with Crippen molar-refractivity contribution in [3.63, 3.8) is 0 Å². The molecule has 0 amide bonds. The average Bonchev–Trinajstić information content (AvgIpc) is 2.38. The molecule has 0 bridgehead atoms. The fraction of sp³-hybridized carbons (Fsp3) is 0.438. The second kappa shape index (κ2) is 7.70. The minimum absolute atomic E-state index is 0.0980. The molecule has 2 heteroatoms. The first kappa shape index (κ1) is 14.5. The summed E-state index contributed by atoms with van der Waals surface area (Å²) >= 11 is 0. The summed E-state index contributed by atoms with van der Waals surface area (Å²) in [4.78, 5) is 10.6. The maximum Gasteiger partial charge on any atom is 0.307 e. The van der Waals surface area contributed by atoms with E-state index in [1.807, 2.05) is 6.08 Å². The third-order valence-electron chi connectivity index (χ3n) is 3.05. The fourth-order valence-electron chi connectivity index (χ4n) is 1.94. The summed E-state index contributed by atoms with van der Waals surface area (Å²) in [6.45, 7) is 4.25. The Morgan fingerprint density at radius 2 is 1.89 bits per heavy atom. The summed E-state index contributed by atoms with van der Waals surface area (Å²) in [7, 11) is 0. The topological polar surface area (TPSA) is 37.3 Å². The Morgan fingerprint density at radius 3 is 2.39 bits per heavy atom. The molecule has 1 aromatic carbocycles. The van der Waals surface area contributed by atoms with Crippen molar-refractivity contribution in [2.24, 2.45) is 0 Å². The van der Waals surface area contributed by atoms with Crippen LogP contribution in [0.2, 0.25) is 0 Å². The van der Waals surface area contributed by atoms with Crippen LogP contribution >= 0.6 is 0 Å². The lowest BCUT2D eigenvalue weighted by atomic mass is 9.99. The van der Waals surface area contributed by atoms with Crippen LogP contribution < -0.4 is 0 Å². The summed E-state index contributed by atoms with van der Waals surface area (Å²) in [5, 5.41) is 8.70. The molecule has 0 saturated carbocycles. The highest BCUT2D eigenvalue weighted by atomic mass is 16.4. The summed E-state index contributed by atoms with van der Waals surface area (Å²) < 4.78 is 0. The predicted molar refractivity (Wildman–Crippen MR) is 75.6 cm³/mol. The minimum Gasteiger partial charge on any atom is -0.481 e. The SMILES string of the molecule is CCCCc1ccc(/C(=C/CC(=O)O)CC)cc1. The molecule has 0 atom stereocenters. The number of hydrogen-bond acceptors (Lipinski definition) is 1. The molecule has 98 valence electrons. The molecule has 0 radical (unpaired) electrons. The van der Waals surface area contributed by atoms with Crippen LogP contribution in [0.4, 0.5) is 0 Å². The van der Waals surface area contributed by atoms with Gasteiger partial charge in [0, 0.05) is 0 Å². The van der Waals surface area contributed by atoms with Gasteiger partial charge in [-0.15, -0.1) is 0 Å². The van der Waals surface area contributed by atoms with Crippen LogP contribution in [0.3, 0.4) is 0 Å². The molecule has 18 heavy (non-hydrogen) atoms. The van der Waals surface area contributed by atoms with Crippen LogP contribution in [-0.2, 0) is 11.2 Å². The predicted octanol–water partition coefficient (Wildman–Crippen LogP) is 4.30. The molecule has 0 saturated heterocycles. The van der Waals surface area contributed by atoms with Crippen molar-refractivity contribution in [2.75, 3.05) is 0 Å². The van der Waals surface area contributed by atoms with Crippen molar-refractivity contribution in [2.45, 2.75) is 46.0 Å². The highest BCUT2D eigenvalue weighted by molar-refractivity contribution is 5.74. The number of carbonyl (C=O) groups is 1. The van der Waals surface area contributed by atoms with Gasteiger partial charge in [-0.05, 0) is 36.0 Å². The minimum atomic E-state index is -0.777. The molecule has 0 unspecified atom stereocenters. The van der Waals surface area contributed by atoms with Crippen LogP contribution in [0.1, 0.15) is 50.7 Å². The number of allylic oxidation sites excluding steroid dienone is 1. The Morgan fingerprint density at radius 1 is 1.22 bits per heavy atom. The van der Waals surface area contributed by atoms with Crippen molar-refractivity contribution in [3.05, 3.63) is 41.5 Å². The zero-order valence-electron chi connectivity index (χ0n) is 11.3. The molecule has 0 spiro atoms. The number of hydrogen-bond donors (Lipinski definition) is 1. The standard InChI is InChI=1S/C16H22O2/c1-3-5-6-13-7-9-15(10-8-13)14(4-2)11-12-16(17)18/h7-11H,3-6,12H2,1-2H3,(H,17,18)/b14-11+. The molecule has 1 aromatic rings. The van der Waals surface area contributed by atoms with Gasteiger partial charge in [-0.1, -0.05) is 50.6 Å². The van der Waals surface area contributed by atoms with Gasteiger partial charge in [0.05, 0.1) is 6.42 Å². The van der Waals surface area contributed by atoms with E-state index in [0.29, 0.717) is 0 Å². The van der Waals surface area contributed by atoms with Crippen molar-refractivity contribution in [1.82, 2.24) is 0 Å². The molecular weight excluding hydrogens is 224 g/mol. The fourth-order valence-corrected chi connectivity index (χ4v) is 1.94. The zero-order chi connectivity index (χ0) is 13.4. The molecule has 0 aliphatic carbocycles. The second-order valence-electron chi connectivity index (χ2n) is 4.48. The Hall–Kier alpha value is -1.57. The second-order valence-corrected chi connectivity index (χ2v) is 4.48. The van der Waals surface area contributed by atoms with Crippen LogP contribution in [0.5, 0.6) is 0 Å². The summed E-state index contributed by atoms with van der Waals surface area (Å²) in [5.74, 6) is -0.777. The number of carboxylic acids is 1. The van der Waals surface area contributed by atoms with Crippen molar-refractivity contribution in [3.8, 4) is 0 Å². The average molecular weight is 246 g/mol. The van der Waals surface area contributed by atoms with E-state index in [2.05, 4.69) is 38.1 Å². The molecular formula is C16H22O2. The lowest BCUT2D eigenvalue weighted by molar-refractivity contribution is -0.135. The molecule has 1 rings (SSSR count). The van der Waals surface area contributed by atoms with Gasteiger partial charge in [0.15, 0.2) is 0 Å². The Labute approximate surface area is 109 Å². The van der Waals surface area contributed by atoms with Crippen molar-refractivity contribution >= 4 is 11.5 Å². The molecule has 1 N–H and O–H groups in total. The van der Waals surface area contributed by atoms with E-state index in [1.165, 1.54) is 18.4 Å². The van der Waals surface area contributed by atoms with E-state index in [9.17, 15) is 4.79 Å². The monoisotopic (exact) mass is 246 g/mol. The number of aryl methyl sites for hydroxylation is 1. The van der Waals surface area contributed by atoms with Crippen LogP contribution in [-0.4, -0.2) is 11.1 Å². The van der Waals surface area contributed by atoms with Gasteiger partial charge in [0.1, 0.15) is 0 Å². The van der Waals surface area contributed by atoms with Gasteiger partial charge in [-0.3, -0.25) is 4.79 Å². The largest absolute Gasteiger partial charge is 0.481 e. The van der Waals surface area contributed by atoms with Crippen LogP contribution in [0.15, 0.2) is 30.3 Å². The van der Waals surface area contributed by atoms with Crippen molar-refractivity contribution < 1.29 is 9.90 Å². The van der Waals surface area contributed by atoms with Gasteiger partial charge in [0.2, 0.25) is 0 Å². The summed E-state index contributed by atoms with van der Waals surface area (Å²) in [6.07, 6.45) is 6.32. The van der Waals surface area contributed by atoms with Gasteiger partial charge in [-0.25, -0.2) is 0 Å². The Kier molecular flexibility index (Phi) is 6.20. The maximum absolute atomic E-state index is 10.6. The lowest BCUT2D eigenvalue weighted by Gasteiger charge is -2.06. The molecule has 0 aliphatic rings. The number of benzene rings is 1. The highest BCUT2D eigenvalue weighted by Crippen LogP contribution is 2.19. The van der Waals surface area contributed by atoms with Gasteiger partial charge < -0.3 is 5.11 Å². The van der Waals surface area contributed by atoms with Crippen molar-refractivity contribution in [1.29, 1.82) is 0 Å². The zero-order valence-corrected chi connectivity index (χ0v) is 11.3. The van der Waals surface area contributed by atoms with E-state index >= 15 is 0 Å². The van der Waals surface area contributed by atoms with Gasteiger partial charge in [0.25, 0.3) is 0 Å². The Bertz CT molecular complexity index is 402. The first-order chi connectivity index (χ1) is 8.67. The number of rotatable bonds is 7. The first-order valence-electron chi connectivity index (χ1n) is 6.67. The van der Waals surface area contributed by atoms with E-state index in [-0.39, 0.29) is 6.42 Å². The molecule has 2 nitrogen and oxygen atoms in total. The molecule has 0 aliphatic heterocycles. The number of unbranched alkanes of at least 4 members (excludes halogenated alkanes) is 1. The number of aliphatic carboxylic acids is 1. The third-order valence-corrected chi connectivity index (χ3v) is 3.05. The quantitative estimate of drug-likeness (QED) is 0.779. The summed E-state index contributed by atoms with van der Waals surface area (Å²) in [6, 6.07) is 8.49. The molecule has 0 aromatic heterocycles. The first-order valence-corrected chi connectivity index (χ1v) is 6.67.